The molecule has 0 saturated heterocycles. The second kappa shape index (κ2) is 9.00. The Morgan fingerprint density at radius 2 is 1.58 bits per heavy atom. The van der Waals surface area contributed by atoms with E-state index in [0.29, 0.717) is 17.2 Å². The largest absolute Gasteiger partial charge is 0.493 e. The molecule has 0 spiro atoms. The van der Waals surface area contributed by atoms with Gasteiger partial charge in [-0.1, -0.05) is 13.8 Å². The standard InChI is InChI=1S/C17H26N2O5/c1-10(2)15(19-11(3)20)17(21)18-9-12-7-13(22-4)16(24-6)14(8-12)23-5/h7-8,10,15H,9H2,1-6H3,(H,18,21)(H,19,20)/t15-/m1/s1. The number of benzene rings is 1. The molecule has 2 amide bonds. The van der Waals surface area contributed by atoms with Gasteiger partial charge in [-0.25, -0.2) is 0 Å². The van der Waals surface area contributed by atoms with Crippen molar-refractivity contribution in [2.24, 2.45) is 5.92 Å². The number of amides is 2. The molecule has 0 aromatic heterocycles. The number of carbonyl (C=O) groups excluding carboxylic acids is 2. The summed E-state index contributed by atoms with van der Waals surface area (Å²) in [5, 5.41) is 5.48. The molecule has 0 aliphatic heterocycles. The summed E-state index contributed by atoms with van der Waals surface area (Å²) in [6, 6.07) is 2.96. The van der Waals surface area contributed by atoms with Crippen molar-refractivity contribution in [3.63, 3.8) is 0 Å². The fourth-order valence-corrected chi connectivity index (χ4v) is 2.29. The summed E-state index contributed by atoms with van der Waals surface area (Å²) in [6.45, 7) is 5.42. The van der Waals surface area contributed by atoms with E-state index in [0.717, 1.165) is 5.56 Å². The summed E-state index contributed by atoms with van der Waals surface area (Å²) in [7, 11) is 4.60. The molecule has 0 bridgehead atoms. The zero-order valence-corrected chi connectivity index (χ0v) is 15.1. The first-order chi connectivity index (χ1) is 11.3. The number of hydrogen-bond donors (Lipinski definition) is 2. The first kappa shape index (κ1) is 19.6. The Labute approximate surface area is 142 Å². The van der Waals surface area contributed by atoms with Crippen molar-refractivity contribution in [2.45, 2.75) is 33.4 Å². The van der Waals surface area contributed by atoms with Crippen LogP contribution in [0.1, 0.15) is 26.3 Å². The molecule has 0 radical (unpaired) electrons. The third kappa shape index (κ3) is 5.04. The van der Waals surface area contributed by atoms with Crippen molar-refractivity contribution in [3.05, 3.63) is 17.7 Å². The normalized spacial score (nSPS) is 11.6. The first-order valence-corrected chi connectivity index (χ1v) is 7.67. The van der Waals surface area contributed by atoms with E-state index in [1.54, 1.807) is 12.1 Å². The molecule has 0 aliphatic carbocycles. The number of ether oxygens (including phenoxy) is 3. The highest BCUT2D eigenvalue weighted by molar-refractivity contribution is 5.87. The molecule has 1 atom stereocenters. The van der Waals surface area contributed by atoms with Crippen LogP contribution in [0.2, 0.25) is 0 Å². The minimum atomic E-state index is -0.579. The lowest BCUT2D eigenvalue weighted by molar-refractivity contribution is -0.129. The van der Waals surface area contributed by atoms with Crippen LogP contribution in [0.3, 0.4) is 0 Å². The minimum Gasteiger partial charge on any atom is -0.493 e. The Bertz CT molecular complexity index is 561. The van der Waals surface area contributed by atoms with Gasteiger partial charge in [-0.3, -0.25) is 9.59 Å². The van der Waals surface area contributed by atoms with E-state index in [4.69, 9.17) is 14.2 Å². The Kier molecular flexibility index (Phi) is 7.35. The molecule has 1 aromatic rings. The molecule has 0 unspecified atom stereocenters. The van der Waals surface area contributed by atoms with Crippen molar-refractivity contribution < 1.29 is 23.8 Å². The van der Waals surface area contributed by atoms with Gasteiger partial charge in [-0.15, -0.1) is 0 Å². The molecule has 0 saturated carbocycles. The van der Waals surface area contributed by atoms with E-state index in [9.17, 15) is 9.59 Å². The van der Waals surface area contributed by atoms with Crippen molar-refractivity contribution in [1.82, 2.24) is 10.6 Å². The van der Waals surface area contributed by atoms with Gasteiger partial charge < -0.3 is 24.8 Å². The number of rotatable bonds is 8. The van der Waals surface area contributed by atoms with Crippen molar-refractivity contribution in [3.8, 4) is 17.2 Å². The number of carbonyl (C=O) groups is 2. The van der Waals surface area contributed by atoms with E-state index in [-0.39, 0.29) is 24.3 Å². The summed E-state index contributed by atoms with van der Waals surface area (Å²) < 4.78 is 15.8. The molecule has 1 rings (SSSR count). The summed E-state index contributed by atoms with van der Waals surface area (Å²) in [5.41, 5.74) is 0.795. The van der Waals surface area contributed by atoms with Crippen LogP contribution in [-0.2, 0) is 16.1 Å². The van der Waals surface area contributed by atoms with E-state index < -0.39 is 6.04 Å². The van der Waals surface area contributed by atoms with Gasteiger partial charge in [0.05, 0.1) is 21.3 Å². The highest BCUT2D eigenvalue weighted by Crippen LogP contribution is 2.38. The second-order valence-corrected chi connectivity index (χ2v) is 5.67. The molecule has 134 valence electrons. The Balaban J connectivity index is 2.89. The SMILES string of the molecule is COc1cc(CNC(=O)[C@H](NC(C)=O)C(C)C)cc(OC)c1OC. The first-order valence-electron chi connectivity index (χ1n) is 7.67. The average Bonchev–Trinajstić information content (AvgIpc) is 2.55. The number of nitrogens with one attached hydrogen (secondary N) is 2. The van der Waals surface area contributed by atoms with Crippen LogP contribution in [0.4, 0.5) is 0 Å². The van der Waals surface area contributed by atoms with E-state index in [1.165, 1.54) is 28.3 Å². The zero-order valence-electron chi connectivity index (χ0n) is 15.1. The van der Waals surface area contributed by atoms with E-state index in [2.05, 4.69) is 10.6 Å². The zero-order chi connectivity index (χ0) is 18.3. The van der Waals surface area contributed by atoms with Crippen LogP contribution in [0, 0.1) is 5.92 Å². The predicted molar refractivity (Wildman–Crippen MR) is 90.4 cm³/mol. The lowest BCUT2D eigenvalue weighted by atomic mass is 10.0. The van der Waals surface area contributed by atoms with Crippen LogP contribution < -0.4 is 24.8 Å². The van der Waals surface area contributed by atoms with Gasteiger partial charge in [0, 0.05) is 13.5 Å². The lowest BCUT2D eigenvalue weighted by Gasteiger charge is -2.21. The molecule has 0 fully saturated rings. The third-order valence-electron chi connectivity index (χ3n) is 3.50. The molecule has 7 heteroatoms. The molecule has 0 aliphatic rings. The van der Waals surface area contributed by atoms with Crippen molar-refractivity contribution >= 4 is 11.8 Å². The van der Waals surface area contributed by atoms with Gasteiger partial charge in [0.15, 0.2) is 11.5 Å². The van der Waals surface area contributed by atoms with Crippen LogP contribution in [0.15, 0.2) is 12.1 Å². The van der Waals surface area contributed by atoms with E-state index in [1.807, 2.05) is 13.8 Å². The third-order valence-corrected chi connectivity index (χ3v) is 3.50. The molecule has 2 N–H and O–H groups in total. The fourth-order valence-electron chi connectivity index (χ4n) is 2.29. The minimum absolute atomic E-state index is 0.0196. The Morgan fingerprint density at radius 1 is 1.04 bits per heavy atom. The second-order valence-electron chi connectivity index (χ2n) is 5.67. The van der Waals surface area contributed by atoms with E-state index >= 15 is 0 Å². The molecule has 0 heterocycles. The lowest BCUT2D eigenvalue weighted by Crippen LogP contribution is -2.48. The van der Waals surface area contributed by atoms with Crippen LogP contribution in [-0.4, -0.2) is 39.2 Å². The van der Waals surface area contributed by atoms with Gasteiger partial charge in [0.1, 0.15) is 6.04 Å². The maximum absolute atomic E-state index is 12.3. The van der Waals surface area contributed by atoms with Gasteiger partial charge in [-0.05, 0) is 23.6 Å². The number of hydrogen-bond acceptors (Lipinski definition) is 5. The van der Waals surface area contributed by atoms with Gasteiger partial charge in [0.25, 0.3) is 0 Å². The van der Waals surface area contributed by atoms with Gasteiger partial charge in [-0.2, -0.15) is 0 Å². The highest BCUT2D eigenvalue weighted by atomic mass is 16.5. The molecular formula is C17H26N2O5. The highest BCUT2D eigenvalue weighted by Gasteiger charge is 2.23. The van der Waals surface area contributed by atoms with Crippen molar-refractivity contribution in [2.75, 3.05) is 21.3 Å². The predicted octanol–water partition coefficient (Wildman–Crippen LogP) is 1.49. The van der Waals surface area contributed by atoms with Crippen molar-refractivity contribution in [1.29, 1.82) is 0 Å². The summed E-state index contributed by atoms with van der Waals surface area (Å²) in [4.78, 5) is 23.5. The summed E-state index contributed by atoms with van der Waals surface area (Å²) >= 11 is 0. The van der Waals surface area contributed by atoms with Crippen LogP contribution in [0.25, 0.3) is 0 Å². The summed E-state index contributed by atoms with van der Waals surface area (Å²) in [6.07, 6.45) is 0. The monoisotopic (exact) mass is 338 g/mol. The average molecular weight is 338 g/mol. The maximum Gasteiger partial charge on any atom is 0.243 e. The van der Waals surface area contributed by atoms with Gasteiger partial charge >= 0.3 is 0 Å². The quantitative estimate of drug-likeness (QED) is 0.750. The smallest absolute Gasteiger partial charge is 0.243 e. The molecule has 7 nitrogen and oxygen atoms in total. The van der Waals surface area contributed by atoms with Crippen LogP contribution in [0.5, 0.6) is 17.2 Å². The Morgan fingerprint density at radius 3 is 1.96 bits per heavy atom. The van der Waals surface area contributed by atoms with Crippen LogP contribution >= 0.6 is 0 Å². The summed E-state index contributed by atoms with van der Waals surface area (Å²) in [5.74, 6) is 1.03. The molecule has 24 heavy (non-hydrogen) atoms. The Hall–Kier alpha value is -2.44. The fraction of sp³-hybridized carbons (Fsp3) is 0.529. The number of methoxy groups -OCH3 is 3. The maximum atomic E-state index is 12.3. The molecule has 1 aromatic carbocycles. The van der Waals surface area contributed by atoms with Gasteiger partial charge in [0.2, 0.25) is 17.6 Å². The topological polar surface area (TPSA) is 85.9 Å². The molecular weight excluding hydrogens is 312 g/mol.